The lowest BCUT2D eigenvalue weighted by Gasteiger charge is -2.04. The Hall–Kier alpha value is -0.340. The summed E-state index contributed by atoms with van der Waals surface area (Å²) in [6.07, 6.45) is 1.81. The van der Waals surface area contributed by atoms with Gasteiger partial charge >= 0.3 is 0 Å². The first-order valence-electron chi connectivity index (χ1n) is 2.54. The molecule has 0 rings (SSSR count). The van der Waals surface area contributed by atoms with Crippen molar-refractivity contribution in [1.82, 2.24) is 0 Å². The van der Waals surface area contributed by atoms with Gasteiger partial charge in [-0.05, 0) is 6.92 Å². The molecule has 8 heavy (non-hydrogen) atoms. The van der Waals surface area contributed by atoms with E-state index in [9.17, 15) is 0 Å². The Morgan fingerprint density at radius 3 is 2.75 bits per heavy atom. The van der Waals surface area contributed by atoms with E-state index >= 15 is 0 Å². The van der Waals surface area contributed by atoms with Gasteiger partial charge in [-0.1, -0.05) is 6.08 Å². The molecule has 2 heteroatoms. The molecule has 0 aliphatic rings. The van der Waals surface area contributed by atoms with Gasteiger partial charge in [0.25, 0.3) is 0 Å². The fraction of sp³-hybridized carbons (Fsp3) is 0.667. The third kappa shape index (κ3) is 3.84. The predicted molar refractivity (Wildman–Crippen MR) is 32.6 cm³/mol. The third-order valence-electron chi connectivity index (χ3n) is 0.781. The van der Waals surface area contributed by atoms with Crippen LogP contribution >= 0.6 is 0 Å². The Morgan fingerprint density at radius 1 is 1.75 bits per heavy atom. The summed E-state index contributed by atoms with van der Waals surface area (Å²) in [5.41, 5.74) is 0. The molecule has 0 radical (unpaired) electrons. The minimum absolute atomic E-state index is 0.0925. The van der Waals surface area contributed by atoms with E-state index in [1.807, 2.05) is 6.92 Å². The summed E-state index contributed by atoms with van der Waals surface area (Å²) in [5.74, 6) is 0. The van der Waals surface area contributed by atoms with Crippen LogP contribution in [-0.2, 0) is 9.47 Å². The zero-order valence-corrected chi connectivity index (χ0v) is 5.39. The van der Waals surface area contributed by atoms with Crippen LogP contribution in [0.1, 0.15) is 6.92 Å². The van der Waals surface area contributed by atoms with E-state index in [1.165, 1.54) is 0 Å². The van der Waals surface area contributed by atoms with E-state index in [-0.39, 0.29) is 6.10 Å². The van der Waals surface area contributed by atoms with Gasteiger partial charge in [0.1, 0.15) is 6.79 Å². The normalized spacial score (nSPS) is 13.2. The second kappa shape index (κ2) is 4.81. The van der Waals surface area contributed by atoms with Gasteiger partial charge in [-0.25, -0.2) is 0 Å². The van der Waals surface area contributed by atoms with Crippen LogP contribution in [0.4, 0.5) is 0 Å². The summed E-state index contributed by atoms with van der Waals surface area (Å²) < 4.78 is 9.64. The van der Waals surface area contributed by atoms with Gasteiger partial charge in [0.2, 0.25) is 0 Å². The topological polar surface area (TPSA) is 18.5 Å². The van der Waals surface area contributed by atoms with Crippen LogP contribution in [0, 0.1) is 0 Å². The van der Waals surface area contributed by atoms with E-state index in [1.54, 1.807) is 13.2 Å². The molecule has 0 heterocycles. The Labute approximate surface area is 50.1 Å². The van der Waals surface area contributed by atoms with Crippen LogP contribution in [0.15, 0.2) is 12.7 Å². The van der Waals surface area contributed by atoms with Crippen molar-refractivity contribution < 1.29 is 9.47 Å². The quantitative estimate of drug-likeness (QED) is 0.405. The molecule has 1 unspecified atom stereocenters. The average Bonchev–Trinajstić information content (AvgIpc) is 1.83. The van der Waals surface area contributed by atoms with Gasteiger partial charge in [-0.3, -0.25) is 0 Å². The van der Waals surface area contributed by atoms with Crippen LogP contribution < -0.4 is 0 Å². The second-order valence-corrected chi connectivity index (χ2v) is 1.51. The highest BCUT2D eigenvalue weighted by Gasteiger charge is 1.90. The SMILES string of the molecule is C=CC(C)OCOC. The molecule has 2 nitrogen and oxygen atoms in total. The fourth-order valence-corrected chi connectivity index (χ4v) is 0.243. The predicted octanol–water partition coefficient (Wildman–Crippen LogP) is 1.18. The molecule has 0 aliphatic carbocycles. The monoisotopic (exact) mass is 116 g/mol. The van der Waals surface area contributed by atoms with E-state index in [4.69, 9.17) is 4.74 Å². The molecule has 0 fully saturated rings. The first-order chi connectivity index (χ1) is 3.81. The van der Waals surface area contributed by atoms with Gasteiger partial charge < -0.3 is 9.47 Å². The average molecular weight is 116 g/mol. The standard InChI is InChI=1S/C6H12O2/c1-4-6(2)8-5-7-3/h4,6H,1,5H2,2-3H3. The van der Waals surface area contributed by atoms with E-state index in [2.05, 4.69) is 11.3 Å². The Balaban J connectivity index is 2.98. The van der Waals surface area contributed by atoms with Crippen molar-refractivity contribution in [2.24, 2.45) is 0 Å². The maximum atomic E-state index is 5.00. The highest BCUT2D eigenvalue weighted by atomic mass is 16.7. The number of ether oxygens (including phenoxy) is 2. The van der Waals surface area contributed by atoms with Crippen molar-refractivity contribution >= 4 is 0 Å². The molecule has 1 atom stereocenters. The van der Waals surface area contributed by atoms with Gasteiger partial charge in [0, 0.05) is 7.11 Å². The molecule has 0 saturated carbocycles. The van der Waals surface area contributed by atoms with Crippen molar-refractivity contribution in [3.63, 3.8) is 0 Å². The van der Waals surface area contributed by atoms with Crippen molar-refractivity contribution in [1.29, 1.82) is 0 Å². The molecule has 0 amide bonds. The van der Waals surface area contributed by atoms with Crippen molar-refractivity contribution in [2.75, 3.05) is 13.9 Å². The second-order valence-electron chi connectivity index (χ2n) is 1.51. The van der Waals surface area contributed by atoms with E-state index < -0.39 is 0 Å². The molecule has 0 aliphatic heterocycles. The number of hydrogen-bond donors (Lipinski definition) is 0. The molecule has 0 aromatic carbocycles. The molecular weight excluding hydrogens is 104 g/mol. The minimum Gasteiger partial charge on any atom is -0.359 e. The highest BCUT2D eigenvalue weighted by Crippen LogP contribution is 1.88. The molecule has 0 N–H and O–H groups in total. The lowest BCUT2D eigenvalue weighted by Crippen LogP contribution is -2.05. The summed E-state index contributed by atoms with van der Waals surface area (Å²) in [6, 6.07) is 0. The van der Waals surface area contributed by atoms with Crippen LogP contribution in [-0.4, -0.2) is 20.0 Å². The van der Waals surface area contributed by atoms with Crippen LogP contribution in [0.25, 0.3) is 0 Å². The van der Waals surface area contributed by atoms with Gasteiger partial charge in [-0.15, -0.1) is 6.58 Å². The smallest absolute Gasteiger partial charge is 0.147 e. The van der Waals surface area contributed by atoms with Gasteiger partial charge in [-0.2, -0.15) is 0 Å². The van der Waals surface area contributed by atoms with Crippen LogP contribution in [0.5, 0.6) is 0 Å². The van der Waals surface area contributed by atoms with Crippen molar-refractivity contribution in [2.45, 2.75) is 13.0 Å². The number of rotatable bonds is 4. The first kappa shape index (κ1) is 7.66. The van der Waals surface area contributed by atoms with E-state index in [0.717, 1.165) is 0 Å². The van der Waals surface area contributed by atoms with Crippen molar-refractivity contribution in [3.8, 4) is 0 Å². The Bertz CT molecular complexity index is 61.5. The number of hydrogen-bond acceptors (Lipinski definition) is 2. The summed E-state index contributed by atoms with van der Waals surface area (Å²) >= 11 is 0. The minimum atomic E-state index is 0.0925. The molecule has 0 spiro atoms. The maximum absolute atomic E-state index is 5.00. The zero-order chi connectivity index (χ0) is 6.41. The first-order valence-corrected chi connectivity index (χ1v) is 2.54. The van der Waals surface area contributed by atoms with Crippen LogP contribution in [0.3, 0.4) is 0 Å². The molecule has 0 saturated heterocycles. The summed E-state index contributed by atoms with van der Waals surface area (Å²) in [7, 11) is 1.59. The zero-order valence-electron chi connectivity index (χ0n) is 5.39. The summed E-state index contributed by atoms with van der Waals surface area (Å²) in [4.78, 5) is 0. The molecule has 0 aromatic rings. The number of methoxy groups -OCH3 is 1. The van der Waals surface area contributed by atoms with Crippen molar-refractivity contribution in [3.05, 3.63) is 12.7 Å². The summed E-state index contributed by atoms with van der Waals surface area (Å²) in [5, 5.41) is 0. The van der Waals surface area contributed by atoms with E-state index in [0.29, 0.717) is 6.79 Å². The molecular formula is C6H12O2. The molecule has 0 aromatic heterocycles. The maximum Gasteiger partial charge on any atom is 0.147 e. The van der Waals surface area contributed by atoms with Crippen LogP contribution in [0.2, 0.25) is 0 Å². The fourth-order valence-electron chi connectivity index (χ4n) is 0.243. The lowest BCUT2D eigenvalue weighted by atomic mass is 10.4. The highest BCUT2D eigenvalue weighted by molar-refractivity contribution is 4.74. The molecule has 48 valence electrons. The Morgan fingerprint density at radius 2 is 2.38 bits per heavy atom. The van der Waals surface area contributed by atoms with Gasteiger partial charge in [0.15, 0.2) is 0 Å². The largest absolute Gasteiger partial charge is 0.359 e. The molecule has 0 bridgehead atoms. The third-order valence-corrected chi connectivity index (χ3v) is 0.781. The Kier molecular flexibility index (Phi) is 4.61. The summed E-state index contributed by atoms with van der Waals surface area (Å²) in [6.45, 7) is 5.78. The lowest BCUT2D eigenvalue weighted by molar-refractivity contribution is -0.0494. The van der Waals surface area contributed by atoms with Gasteiger partial charge in [0.05, 0.1) is 6.10 Å².